The van der Waals surface area contributed by atoms with Crippen molar-refractivity contribution in [2.24, 2.45) is 0 Å². The fraction of sp³-hybridized carbons (Fsp3) is 0.250. The second-order valence-electron chi connectivity index (χ2n) is 3.32. The molecular formula is C12H16N2O. The topological polar surface area (TPSA) is 41.1 Å². The molecule has 0 fully saturated rings. The van der Waals surface area contributed by atoms with Gasteiger partial charge in [-0.25, -0.2) is 4.79 Å². The first-order chi connectivity index (χ1) is 7.22. The molecule has 0 aliphatic heterocycles. The van der Waals surface area contributed by atoms with Gasteiger partial charge in [0.15, 0.2) is 0 Å². The molecule has 0 saturated carbocycles. The lowest BCUT2D eigenvalue weighted by molar-refractivity contribution is 0.243. The highest BCUT2D eigenvalue weighted by Crippen LogP contribution is 2.02. The Kier molecular flexibility index (Phi) is 4.41. The van der Waals surface area contributed by atoms with Crippen molar-refractivity contribution in [2.75, 3.05) is 0 Å². The Morgan fingerprint density at radius 1 is 1.47 bits per heavy atom. The molecule has 80 valence electrons. The molecule has 15 heavy (non-hydrogen) atoms. The maximum atomic E-state index is 11.2. The van der Waals surface area contributed by atoms with Crippen LogP contribution in [0.3, 0.4) is 0 Å². The van der Waals surface area contributed by atoms with Gasteiger partial charge < -0.3 is 10.6 Å². The van der Waals surface area contributed by atoms with Crippen LogP contribution in [0.15, 0.2) is 36.5 Å². The van der Waals surface area contributed by atoms with E-state index in [1.165, 1.54) is 5.56 Å². The van der Waals surface area contributed by atoms with Gasteiger partial charge in [-0.1, -0.05) is 35.9 Å². The molecule has 0 saturated heterocycles. The van der Waals surface area contributed by atoms with Crippen LogP contribution in [0, 0.1) is 6.92 Å². The Morgan fingerprint density at radius 2 is 2.27 bits per heavy atom. The predicted molar refractivity (Wildman–Crippen MR) is 61.4 cm³/mol. The number of hydrogen-bond donors (Lipinski definition) is 2. The van der Waals surface area contributed by atoms with E-state index in [4.69, 9.17) is 0 Å². The van der Waals surface area contributed by atoms with E-state index < -0.39 is 0 Å². The Labute approximate surface area is 90.2 Å². The number of allylic oxidation sites excluding steroid dienone is 1. The molecule has 3 heteroatoms. The summed E-state index contributed by atoms with van der Waals surface area (Å²) in [5.41, 5.74) is 2.30. The largest absolute Gasteiger partial charge is 0.334 e. The lowest BCUT2D eigenvalue weighted by atomic mass is 10.1. The molecule has 0 radical (unpaired) electrons. The molecule has 2 amide bonds. The van der Waals surface area contributed by atoms with Crippen molar-refractivity contribution in [1.29, 1.82) is 0 Å². The third kappa shape index (κ3) is 4.31. The molecule has 0 spiro atoms. The number of carbonyl (C=O) groups excluding carboxylic acids is 1. The number of aryl methyl sites for hydroxylation is 1. The Bertz CT molecular complexity index is 358. The van der Waals surface area contributed by atoms with Crippen LogP contribution in [0.1, 0.15) is 18.1 Å². The van der Waals surface area contributed by atoms with E-state index in [1.807, 2.05) is 32.0 Å². The van der Waals surface area contributed by atoms with Crippen molar-refractivity contribution in [3.63, 3.8) is 0 Å². The quantitative estimate of drug-likeness (QED) is 0.779. The number of benzene rings is 1. The van der Waals surface area contributed by atoms with Crippen molar-refractivity contribution >= 4 is 6.03 Å². The zero-order valence-electron chi connectivity index (χ0n) is 9.08. The first kappa shape index (κ1) is 11.3. The Hall–Kier alpha value is -1.77. The molecule has 1 aromatic carbocycles. The average Bonchev–Trinajstić information content (AvgIpc) is 2.23. The molecule has 0 aliphatic carbocycles. The lowest BCUT2D eigenvalue weighted by Gasteiger charge is -2.05. The zero-order chi connectivity index (χ0) is 11.1. The van der Waals surface area contributed by atoms with Crippen LogP contribution in [0.25, 0.3) is 0 Å². The van der Waals surface area contributed by atoms with Gasteiger partial charge in [0.25, 0.3) is 0 Å². The van der Waals surface area contributed by atoms with Crippen LogP contribution in [0.2, 0.25) is 0 Å². The molecule has 0 unspecified atom stereocenters. The molecule has 0 aromatic heterocycles. The second kappa shape index (κ2) is 5.86. The summed E-state index contributed by atoms with van der Waals surface area (Å²) in [6.45, 7) is 4.43. The van der Waals surface area contributed by atoms with Crippen LogP contribution in [0.5, 0.6) is 0 Å². The Morgan fingerprint density at radius 3 is 2.93 bits per heavy atom. The summed E-state index contributed by atoms with van der Waals surface area (Å²) in [7, 11) is 0. The van der Waals surface area contributed by atoms with Gasteiger partial charge in [-0.05, 0) is 19.4 Å². The van der Waals surface area contributed by atoms with E-state index in [0.717, 1.165) is 5.56 Å². The van der Waals surface area contributed by atoms with E-state index in [9.17, 15) is 4.79 Å². The monoisotopic (exact) mass is 204 g/mol. The average molecular weight is 204 g/mol. The molecular weight excluding hydrogens is 188 g/mol. The van der Waals surface area contributed by atoms with E-state index >= 15 is 0 Å². The first-order valence-corrected chi connectivity index (χ1v) is 4.93. The molecule has 0 bridgehead atoms. The third-order valence-corrected chi connectivity index (χ3v) is 1.92. The van der Waals surface area contributed by atoms with Crippen LogP contribution in [-0.4, -0.2) is 6.03 Å². The molecule has 1 aromatic rings. The minimum atomic E-state index is -0.186. The molecule has 1 rings (SSSR count). The summed E-state index contributed by atoms with van der Waals surface area (Å²) in [6, 6.07) is 7.87. The normalized spacial score (nSPS) is 10.3. The van der Waals surface area contributed by atoms with Crippen LogP contribution >= 0.6 is 0 Å². The van der Waals surface area contributed by atoms with Crippen molar-refractivity contribution in [1.82, 2.24) is 10.6 Å². The molecule has 2 N–H and O–H groups in total. The highest BCUT2D eigenvalue weighted by atomic mass is 16.2. The third-order valence-electron chi connectivity index (χ3n) is 1.92. The van der Waals surface area contributed by atoms with Gasteiger partial charge in [-0.2, -0.15) is 0 Å². The second-order valence-corrected chi connectivity index (χ2v) is 3.32. The van der Waals surface area contributed by atoms with E-state index in [-0.39, 0.29) is 6.03 Å². The number of carbonyl (C=O) groups is 1. The van der Waals surface area contributed by atoms with E-state index in [2.05, 4.69) is 16.7 Å². The molecule has 0 heterocycles. The maximum absolute atomic E-state index is 11.2. The number of urea groups is 1. The fourth-order valence-electron chi connectivity index (χ4n) is 1.21. The predicted octanol–water partition coefficient (Wildman–Crippen LogP) is 2.33. The zero-order valence-corrected chi connectivity index (χ0v) is 9.08. The van der Waals surface area contributed by atoms with E-state index in [0.29, 0.717) is 6.54 Å². The highest BCUT2D eigenvalue weighted by Gasteiger charge is 1.97. The fourth-order valence-corrected chi connectivity index (χ4v) is 1.21. The van der Waals surface area contributed by atoms with Crippen LogP contribution in [-0.2, 0) is 6.54 Å². The van der Waals surface area contributed by atoms with Crippen LogP contribution < -0.4 is 10.6 Å². The van der Waals surface area contributed by atoms with Gasteiger partial charge in [0.2, 0.25) is 0 Å². The number of hydrogen-bond acceptors (Lipinski definition) is 1. The standard InChI is InChI=1S/C12H16N2O/c1-3-7-13-12(15)14-9-11-6-4-5-10(2)8-11/h3-8H,9H2,1-2H3,(H2,13,14,15)/b7-3+. The summed E-state index contributed by atoms with van der Waals surface area (Å²) in [6.07, 6.45) is 3.37. The minimum Gasteiger partial charge on any atom is -0.334 e. The number of nitrogens with one attached hydrogen (secondary N) is 2. The maximum Gasteiger partial charge on any atom is 0.319 e. The van der Waals surface area contributed by atoms with Crippen LogP contribution in [0.4, 0.5) is 4.79 Å². The first-order valence-electron chi connectivity index (χ1n) is 4.93. The lowest BCUT2D eigenvalue weighted by Crippen LogP contribution is -2.31. The summed E-state index contributed by atoms with van der Waals surface area (Å²) < 4.78 is 0. The van der Waals surface area contributed by atoms with Gasteiger partial charge in [0, 0.05) is 12.7 Å². The number of rotatable bonds is 3. The van der Waals surface area contributed by atoms with Crippen molar-refractivity contribution < 1.29 is 4.79 Å². The minimum absolute atomic E-state index is 0.186. The van der Waals surface area contributed by atoms with Crippen molar-refractivity contribution in [3.8, 4) is 0 Å². The summed E-state index contributed by atoms with van der Waals surface area (Å²) in [5.74, 6) is 0. The summed E-state index contributed by atoms with van der Waals surface area (Å²) in [5, 5.41) is 5.35. The molecule has 3 nitrogen and oxygen atoms in total. The van der Waals surface area contributed by atoms with Gasteiger partial charge >= 0.3 is 6.03 Å². The van der Waals surface area contributed by atoms with Gasteiger partial charge in [-0.15, -0.1) is 0 Å². The highest BCUT2D eigenvalue weighted by molar-refractivity contribution is 5.74. The Balaban J connectivity index is 2.40. The molecule has 0 aliphatic rings. The summed E-state index contributed by atoms with van der Waals surface area (Å²) in [4.78, 5) is 11.2. The smallest absolute Gasteiger partial charge is 0.319 e. The SMILES string of the molecule is C/C=C/NC(=O)NCc1cccc(C)c1. The van der Waals surface area contributed by atoms with Crippen molar-refractivity contribution in [2.45, 2.75) is 20.4 Å². The van der Waals surface area contributed by atoms with Gasteiger partial charge in [0.05, 0.1) is 0 Å². The van der Waals surface area contributed by atoms with Gasteiger partial charge in [0.1, 0.15) is 0 Å². The summed E-state index contributed by atoms with van der Waals surface area (Å²) >= 11 is 0. The molecule has 0 atom stereocenters. The number of amides is 2. The van der Waals surface area contributed by atoms with Gasteiger partial charge in [-0.3, -0.25) is 0 Å². The van der Waals surface area contributed by atoms with Crippen molar-refractivity contribution in [3.05, 3.63) is 47.7 Å². The van der Waals surface area contributed by atoms with E-state index in [1.54, 1.807) is 12.3 Å².